The first-order valence-electron chi connectivity index (χ1n) is 6.61. The van der Waals surface area contributed by atoms with Gasteiger partial charge in [0.15, 0.2) is 0 Å². The van der Waals surface area contributed by atoms with Crippen LogP contribution in [0.5, 0.6) is 0 Å². The van der Waals surface area contributed by atoms with E-state index in [1.54, 1.807) is 0 Å². The molecule has 0 bridgehead atoms. The number of aromatic carboxylic acids is 2. The second-order valence-corrected chi connectivity index (χ2v) is 4.66. The van der Waals surface area contributed by atoms with Crippen LogP contribution in [0, 0.1) is 0 Å². The third kappa shape index (κ3) is 7.01. The predicted molar refractivity (Wildman–Crippen MR) is 71.5 cm³/mol. The Labute approximate surface area is 161 Å². The molecule has 0 N–H and O–H groups in total. The van der Waals surface area contributed by atoms with Crippen LogP contribution in [0.15, 0.2) is 48.5 Å². The Balaban J connectivity index is 0.000000483. The molecular weight excluding hydrogens is 436 g/mol. The van der Waals surface area contributed by atoms with Crippen molar-refractivity contribution in [2.45, 2.75) is 12.4 Å². The van der Waals surface area contributed by atoms with E-state index in [0.29, 0.717) is 12.1 Å². The van der Waals surface area contributed by atoms with E-state index >= 15 is 0 Å². The van der Waals surface area contributed by atoms with Gasteiger partial charge in [-0.3, -0.25) is 0 Å². The fourth-order valence-corrected chi connectivity index (χ4v) is 1.82. The first-order valence-corrected chi connectivity index (χ1v) is 6.61. The van der Waals surface area contributed by atoms with Gasteiger partial charge in [-0.25, -0.2) is 0 Å². The van der Waals surface area contributed by atoms with E-state index in [9.17, 15) is 46.1 Å². The molecule has 2 rings (SSSR count). The molecule has 11 heteroatoms. The Hall–Kier alpha value is -2.42. The molecule has 0 atom stereocenters. The maximum Gasteiger partial charge on any atom is 2.00 e. The molecular formula is C16H8F6O4Zn. The third-order valence-corrected chi connectivity index (χ3v) is 2.90. The smallest absolute Gasteiger partial charge is 0.545 e. The van der Waals surface area contributed by atoms with E-state index < -0.39 is 46.5 Å². The molecule has 27 heavy (non-hydrogen) atoms. The van der Waals surface area contributed by atoms with Crippen molar-refractivity contribution in [3.05, 3.63) is 70.8 Å². The van der Waals surface area contributed by atoms with E-state index in [-0.39, 0.29) is 19.5 Å². The minimum atomic E-state index is -4.66. The van der Waals surface area contributed by atoms with E-state index in [2.05, 4.69) is 0 Å². The summed E-state index contributed by atoms with van der Waals surface area (Å²) < 4.78 is 72.7. The zero-order chi connectivity index (χ0) is 20.1. The second kappa shape index (κ2) is 9.50. The summed E-state index contributed by atoms with van der Waals surface area (Å²) in [5, 5.41) is 20.5. The summed E-state index contributed by atoms with van der Waals surface area (Å²) in [6, 6.07) is 7.78. The van der Waals surface area contributed by atoms with Gasteiger partial charge in [-0.15, -0.1) is 0 Å². The Morgan fingerprint density at radius 2 is 0.889 bits per heavy atom. The monoisotopic (exact) mass is 442 g/mol. The Kier molecular flexibility index (Phi) is 8.65. The quantitative estimate of drug-likeness (QED) is 0.526. The van der Waals surface area contributed by atoms with Crippen molar-refractivity contribution in [1.29, 1.82) is 0 Å². The maximum absolute atomic E-state index is 12.1. The summed E-state index contributed by atoms with van der Waals surface area (Å²) in [4.78, 5) is 20.5. The van der Waals surface area contributed by atoms with Crippen LogP contribution in [-0.2, 0) is 31.8 Å². The van der Waals surface area contributed by atoms with Crippen molar-refractivity contribution >= 4 is 11.9 Å². The van der Waals surface area contributed by atoms with Crippen molar-refractivity contribution in [3.63, 3.8) is 0 Å². The summed E-state index contributed by atoms with van der Waals surface area (Å²) in [7, 11) is 0. The molecule has 0 fully saturated rings. The van der Waals surface area contributed by atoms with E-state index in [1.807, 2.05) is 0 Å². The van der Waals surface area contributed by atoms with Gasteiger partial charge in [-0.1, -0.05) is 36.4 Å². The molecule has 0 aliphatic rings. The van der Waals surface area contributed by atoms with Crippen molar-refractivity contribution in [1.82, 2.24) is 0 Å². The fraction of sp³-hybridized carbons (Fsp3) is 0.125. The van der Waals surface area contributed by atoms with Crippen LogP contribution in [0.3, 0.4) is 0 Å². The van der Waals surface area contributed by atoms with Gasteiger partial charge in [0, 0.05) is 11.1 Å². The Morgan fingerprint density at radius 1 is 0.630 bits per heavy atom. The number of halogens is 6. The number of hydrogen-bond acceptors (Lipinski definition) is 4. The molecule has 2 aromatic rings. The average Bonchev–Trinajstić information content (AvgIpc) is 2.54. The molecule has 0 heterocycles. The van der Waals surface area contributed by atoms with Gasteiger partial charge in [-0.2, -0.15) is 26.3 Å². The van der Waals surface area contributed by atoms with Crippen molar-refractivity contribution < 1.29 is 65.6 Å². The molecule has 140 valence electrons. The summed E-state index contributed by atoms with van der Waals surface area (Å²) in [6.07, 6.45) is -9.31. The Bertz CT molecular complexity index is 734. The van der Waals surface area contributed by atoms with Gasteiger partial charge in [0.25, 0.3) is 0 Å². The molecule has 0 unspecified atom stereocenters. The first kappa shape index (κ1) is 24.6. The second-order valence-electron chi connectivity index (χ2n) is 4.66. The molecule has 0 amide bonds. The van der Waals surface area contributed by atoms with E-state index in [4.69, 9.17) is 0 Å². The molecule has 4 nitrogen and oxygen atoms in total. The number of carbonyl (C=O) groups is 2. The van der Waals surface area contributed by atoms with Gasteiger partial charge >= 0.3 is 31.8 Å². The maximum atomic E-state index is 12.1. The van der Waals surface area contributed by atoms with Crippen molar-refractivity contribution in [3.8, 4) is 0 Å². The van der Waals surface area contributed by atoms with Crippen LogP contribution in [0.1, 0.15) is 31.8 Å². The molecule has 0 radical (unpaired) electrons. The van der Waals surface area contributed by atoms with Gasteiger partial charge in [0.2, 0.25) is 0 Å². The zero-order valence-corrected chi connectivity index (χ0v) is 16.2. The molecule has 0 aliphatic carbocycles. The minimum Gasteiger partial charge on any atom is -0.545 e. The molecule has 0 aliphatic heterocycles. The van der Waals surface area contributed by atoms with E-state index in [1.165, 1.54) is 12.1 Å². The topological polar surface area (TPSA) is 80.3 Å². The van der Waals surface area contributed by atoms with Crippen LogP contribution in [-0.4, -0.2) is 11.9 Å². The van der Waals surface area contributed by atoms with Crippen molar-refractivity contribution in [2.75, 3.05) is 0 Å². The standard InChI is InChI=1S/2C8H5F3O2.Zn/c2*9-8(10,11)6-4-2-1-3-5(6)7(12)13;/h2*1-4H,(H,12,13);/q;;+2/p-2. The van der Waals surface area contributed by atoms with Gasteiger partial charge in [-0.05, 0) is 12.1 Å². The predicted octanol–water partition coefficient (Wildman–Crippen LogP) is 2.14. The number of benzene rings is 2. The van der Waals surface area contributed by atoms with Crippen molar-refractivity contribution in [2.24, 2.45) is 0 Å². The van der Waals surface area contributed by atoms with Crippen LogP contribution in [0.25, 0.3) is 0 Å². The largest absolute Gasteiger partial charge is 2.00 e. The molecule has 2 aromatic carbocycles. The molecule has 0 spiro atoms. The molecule has 0 aromatic heterocycles. The summed E-state index contributed by atoms with van der Waals surface area (Å²) in [5.41, 5.74) is -4.05. The van der Waals surface area contributed by atoms with E-state index in [0.717, 1.165) is 24.3 Å². The fourth-order valence-electron chi connectivity index (χ4n) is 1.82. The summed E-state index contributed by atoms with van der Waals surface area (Å²) in [5.74, 6) is -3.65. The van der Waals surface area contributed by atoms with Gasteiger partial charge < -0.3 is 19.8 Å². The number of hydrogen-bond donors (Lipinski definition) is 0. The molecule has 0 saturated carbocycles. The first-order chi connectivity index (χ1) is 11.9. The van der Waals surface area contributed by atoms with Crippen LogP contribution in [0.2, 0.25) is 0 Å². The number of rotatable bonds is 2. The Morgan fingerprint density at radius 3 is 1.07 bits per heavy atom. The summed E-state index contributed by atoms with van der Waals surface area (Å²) in [6.45, 7) is 0. The number of carboxylic acids is 2. The normalized spacial score (nSPS) is 10.9. The number of carbonyl (C=O) groups excluding carboxylic acids is 2. The third-order valence-electron chi connectivity index (χ3n) is 2.90. The number of carboxylic acid groups (broad SMARTS) is 2. The zero-order valence-electron chi connectivity index (χ0n) is 13.2. The van der Waals surface area contributed by atoms with Gasteiger partial charge in [0.05, 0.1) is 23.1 Å². The average molecular weight is 444 g/mol. The van der Waals surface area contributed by atoms with Crippen LogP contribution in [0.4, 0.5) is 26.3 Å². The molecule has 0 saturated heterocycles. The van der Waals surface area contributed by atoms with Crippen LogP contribution < -0.4 is 10.2 Å². The SMILES string of the molecule is O=C([O-])c1ccccc1C(F)(F)F.O=C([O-])c1ccccc1C(F)(F)F.[Zn+2]. The van der Waals surface area contributed by atoms with Crippen LogP contribution >= 0.6 is 0 Å². The summed E-state index contributed by atoms with van der Waals surface area (Å²) >= 11 is 0. The minimum absolute atomic E-state index is 0. The number of alkyl halides is 6. The van der Waals surface area contributed by atoms with Gasteiger partial charge in [0.1, 0.15) is 0 Å².